The van der Waals surface area contributed by atoms with Gasteiger partial charge in [-0.15, -0.1) is 0 Å². The summed E-state index contributed by atoms with van der Waals surface area (Å²) >= 11 is 3.19. The first-order valence-electron chi connectivity index (χ1n) is 3.90. The number of hydrogen-bond acceptors (Lipinski definition) is 3. The van der Waals surface area contributed by atoms with Gasteiger partial charge in [-0.25, -0.2) is 13.4 Å². The lowest BCUT2D eigenvalue weighted by Gasteiger charge is -2.00. The molecule has 0 aromatic carbocycles. The third-order valence-electron chi connectivity index (χ3n) is 1.49. The lowest BCUT2D eigenvalue weighted by molar-refractivity contribution is 0.591. The Kier molecular flexibility index (Phi) is 3.44. The fourth-order valence-electron chi connectivity index (χ4n) is 0.920. The zero-order chi connectivity index (χ0) is 9.90. The maximum atomic E-state index is 11.5. The van der Waals surface area contributed by atoms with E-state index in [-0.39, 0.29) is 10.8 Å². The molecule has 3 nitrogen and oxygen atoms in total. The Balaban J connectivity index is 3.02. The van der Waals surface area contributed by atoms with E-state index in [1.54, 1.807) is 6.07 Å². The first-order chi connectivity index (χ1) is 6.06. The van der Waals surface area contributed by atoms with Gasteiger partial charge in [-0.3, -0.25) is 0 Å². The molecule has 0 radical (unpaired) electrons. The minimum atomic E-state index is -3.16. The molecular weight excluding hydrogens is 254 g/mol. The number of nitrogens with zero attached hydrogens (tertiary/aromatic N) is 1. The molecule has 0 amide bonds. The van der Waals surface area contributed by atoms with Gasteiger partial charge in [0.25, 0.3) is 0 Å². The van der Waals surface area contributed by atoms with Crippen LogP contribution in [-0.2, 0) is 9.84 Å². The molecule has 1 rings (SSSR count). The molecule has 72 valence electrons. The highest BCUT2D eigenvalue weighted by Crippen LogP contribution is 2.12. The van der Waals surface area contributed by atoms with E-state index in [2.05, 4.69) is 20.9 Å². The fraction of sp³-hybridized carbons (Fsp3) is 0.375. The fourth-order valence-corrected chi connectivity index (χ4v) is 2.39. The summed E-state index contributed by atoms with van der Waals surface area (Å²) < 4.78 is 23.7. The molecule has 1 aromatic rings. The normalized spacial score (nSPS) is 11.5. The minimum Gasteiger partial charge on any atom is -0.244 e. The molecule has 0 N–H and O–H groups in total. The quantitative estimate of drug-likeness (QED) is 0.839. The van der Waals surface area contributed by atoms with Gasteiger partial charge in [-0.2, -0.15) is 0 Å². The van der Waals surface area contributed by atoms with Gasteiger partial charge in [0.05, 0.1) is 5.75 Å². The molecule has 0 fully saturated rings. The number of hydrogen-bond donors (Lipinski definition) is 0. The van der Waals surface area contributed by atoms with Gasteiger partial charge in [0.2, 0.25) is 0 Å². The average molecular weight is 264 g/mol. The van der Waals surface area contributed by atoms with Gasteiger partial charge in [0.15, 0.2) is 14.9 Å². The molecule has 1 aromatic heterocycles. The molecule has 1 heterocycles. The van der Waals surface area contributed by atoms with Crippen molar-refractivity contribution in [2.24, 2.45) is 0 Å². The summed E-state index contributed by atoms with van der Waals surface area (Å²) in [5.74, 6) is 0.154. The van der Waals surface area contributed by atoms with E-state index < -0.39 is 9.84 Å². The van der Waals surface area contributed by atoms with E-state index in [0.29, 0.717) is 6.42 Å². The molecule has 13 heavy (non-hydrogen) atoms. The van der Waals surface area contributed by atoms with Gasteiger partial charge in [-0.1, -0.05) is 6.92 Å². The molecule has 0 saturated heterocycles. The number of sulfone groups is 1. The Morgan fingerprint density at radius 3 is 2.62 bits per heavy atom. The summed E-state index contributed by atoms with van der Waals surface area (Å²) in [6.07, 6.45) is 2.10. The topological polar surface area (TPSA) is 47.0 Å². The average Bonchev–Trinajstić information content (AvgIpc) is 2.05. The van der Waals surface area contributed by atoms with Crippen molar-refractivity contribution < 1.29 is 8.42 Å². The van der Waals surface area contributed by atoms with Gasteiger partial charge >= 0.3 is 0 Å². The third kappa shape index (κ3) is 2.77. The monoisotopic (exact) mass is 263 g/mol. The highest BCUT2D eigenvalue weighted by molar-refractivity contribution is 9.10. The number of halogens is 1. The van der Waals surface area contributed by atoms with Crippen LogP contribution in [0.5, 0.6) is 0 Å². The van der Waals surface area contributed by atoms with E-state index in [9.17, 15) is 8.42 Å². The number of rotatable bonds is 3. The zero-order valence-electron chi connectivity index (χ0n) is 7.20. The Hall–Kier alpha value is -0.420. The largest absolute Gasteiger partial charge is 0.244 e. The lowest BCUT2D eigenvalue weighted by Crippen LogP contribution is -2.07. The molecule has 0 aliphatic heterocycles. The van der Waals surface area contributed by atoms with Crippen LogP contribution in [0.1, 0.15) is 13.3 Å². The van der Waals surface area contributed by atoms with Crippen molar-refractivity contribution in [1.29, 1.82) is 0 Å². The van der Waals surface area contributed by atoms with E-state index in [0.717, 1.165) is 4.47 Å². The van der Waals surface area contributed by atoms with E-state index in [1.807, 2.05) is 6.92 Å². The number of aromatic nitrogens is 1. The first kappa shape index (κ1) is 10.7. The van der Waals surface area contributed by atoms with Crippen molar-refractivity contribution in [1.82, 2.24) is 4.98 Å². The lowest BCUT2D eigenvalue weighted by atomic mass is 10.5. The molecule has 0 aliphatic carbocycles. The van der Waals surface area contributed by atoms with Gasteiger partial charge in [0, 0.05) is 10.7 Å². The summed E-state index contributed by atoms with van der Waals surface area (Å²) in [7, 11) is -3.16. The predicted molar refractivity (Wildman–Crippen MR) is 54.3 cm³/mol. The Morgan fingerprint density at radius 1 is 1.46 bits per heavy atom. The molecular formula is C8H10BrNO2S. The summed E-state index contributed by atoms with van der Waals surface area (Å²) in [5, 5.41) is 0.151. The van der Waals surface area contributed by atoms with Crippen LogP contribution in [0, 0.1) is 0 Å². The van der Waals surface area contributed by atoms with E-state index in [1.165, 1.54) is 12.3 Å². The maximum absolute atomic E-state index is 11.5. The highest BCUT2D eigenvalue weighted by Gasteiger charge is 2.13. The Labute approximate surface area is 86.2 Å². The van der Waals surface area contributed by atoms with Gasteiger partial charge in [-0.05, 0) is 34.5 Å². The molecule has 0 spiro atoms. The SMILES string of the molecule is CCCS(=O)(=O)c1ccc(Br)cn1. The van der Waals surface area contributed by atoms with Crippen molar-refractivity contribution in [3.63, 3.8) is 0 Å². The second-order valence-corrected chi connectivity index (χ2v) is 5.61. The van der Waals surface area contributed by atoms with Crippen molar-refractivity contribution in [2.75, 3.05) is 5.75 Å². The molecule has 5 heteroatoms. The van der Waals surface area contributed by atoms with Crippen molar-refractivity contribution in [3.8, 4) is 0 Å². The van der Waals surface area contributed by atoms with Crippen LogP contribution < -0.4 is 0 Å². The second-order valence-electron chi connectivity index (χ2n) is 2.63. The highest BCUT2D eigenvalue weighted by atomic mass is 79.9. The van der Waals surface area contributed by atoms with Crippen molar-refractivity contribution >= 4 is 25.8 Å². The Bertz CT molecular complexity index is 372. The van der Waals surface area contributed by atoms with Gasteiger partial charge in [0.1, 0.15) is 0 Å². The smallest absolute Gasteiger partial charge is 0.195 e. The summed E-state index contributed by atoms with van der Waals surface area (Å²) in [6, 6.07) is 3.19. The zero-order valence-corrected chi connectivity index (χ0v) is 9.60. The van der Waals surface area contributed by atoms with Crippen LogP contribution in [0.4, 0.5) is 0 Å². The van der Waals surface area contributed by atoms with Crippen LogP contribution >= 0.6 is 15.9 Å². The molecule has 0 unspecified atom stereocenters. The van der Waals surface area contributed by atoms with Crippen LogP contribution in [-0.4, -0.2) is 19.2 Å². The molecule has 0 bridgehead atoms. The van der Waals surface area contributed by atoms with Crippen molar-refractivity contribution in [2.45, 2.75) is 18.4 Å². The minimum absolute atomic E-state index is 0.151. The summed E-state index contributed by atoms with van der Waals surface area (Å²) in [6.45, 7) is 1.83. The molecule has 0 aliphatic rings. The third-order valence-corrected chi connectivity index (χ3v) is 3.79. The standard InChI is InChI=1S/C8H10BrNO2S/c1-2-5-13(11,12)8-4-3-7(9)6-10-8/h3-4,6H,2,5H2,1H3. The molecule has 0 saturated carbocycles. The van der Waals surface area contributed by atoms with Crippen LogP contribution in [0.15, 0.2) is 27.8 Å². The van der Waals surface area contributed by atoms with Crippen LogP contribution in [0.25, 0.3) is 0 Å². The first-order valence-corrected chi connectivity index (χ1v) is 6.35. The maximum Gasteiger partial charge on any atom is 0.195 e. The second kappa shape index (κ2) is 4.19. The van der Waals surface area contributed by atoms with Crippen LogP contribution in [0.2, 0.25) is 0 Å². The van der Waals surface area contributed by atoms with E-state index >= 15 is 0 Å². The van der Waals surface area contributed by atoms with Gasteiger partial charge < -0.3 is 0 Å². The van der Waals surface area contributed by atoms with E-state index in [4.69, 9.17) is 0 Å². The number of pyridine rings is 1. The Morgan fingerprint density at radius 2 is 2.15 bits per heavy atom. The van der Waals surface area contributed by atoms with Crippen LogP contribution in [0.3, 0.4) is 0 Å². The predicted octanol–water partition coefficient (Wildman–Crippen LogP) is 2.03. The van der Waals surface area contributed by atoms with Crippen molar-refractivity contribution in [3.05, 3.63) is 22.8 Å². The molecule has 0 atom stereocenters. The summed E-state index contributed by atoms with van der Waals surface area (Å²) in [4.78, 5) is 3.83. The summed E-state index contributed by atoms with van der Waals surface area (Å²) in [5.41, 5.74) is 0.